The molecule has 1 heterocycles. The molecule has 3 nitrogen and oxygen atoms in total. The van der Waals surface area contributed by atoms with Gasteiger partial charge in [-0.2, -0.15) is 0 Å². The first-order chi connectivity index (χ1) is 35.2. The van der Waals surface area contributed by atoms with Gasteiger partial charge in [0.05, 0.1) is 11.0 Å². The van der Waals surface area contributed by atoms with Crippen LogP contribution in [0.25, 0.3) is 82.4 Å². The molecule has 0 bridgehead atoms. The van der Waals surface area contributed by atoms with Gasteiger partial charge in [-0.15, -0.1) is 0 Å². The van der Waals surface area contributed by atoms with Crippen molar-refractivity contribution in [2.24, 2.45) is 0 Å². The second kappa shape index (κ2) is 17.9. The fourth-order valence-corrected chi connectivity index (χ4v) is 10.4. The number of anilines is 6. The minimum atomic E-state index is 1.06. The molecule has 0 atom stereocenters. The molecule has 0 unspecified atom stereocenters. The van der Waals surface area contributed by atoms with Crippen LogP contribution in [0.2, 0.25) is 0 Å². The average molecular weight is 906 g/mol. The molecule has 12 aromatic carbocycles. The van der Waals surface area contributed by atoms with E-state index in [1.807, 2.05) is 0 Å². The Labute approximate surface area is 414 Å². The highest BCUT2D eigenvalue weighted by Gasteiger charge is 2.21. The molecule has 0 spiro atoms. The van der Waals surface area contributed by atoms with Gasteiger partial charge in [0.1, 0.15) is 0 Å². The van der Waals surface area contributed by atoms with Crippen molar-refractivity contribution in [3.8, 4) is 39.1 Å². The largest absolute Gasteiger partial charge is 0.310 e. The van der Waals surface area contributed by atoms with Crippen LogP contribution in [0.15, 0.2) is 285 Å². The van der Waals surface area contributed by atoms with Crippen LogP contribution in [0.3, 0.4) is 0 Å². The van der Waals surface area contributed by atoms with Crippen molar-refractivity contribution in [1.82, 2.24) is 4.57 Å². The molecule has 0 fully saturated rings. The highest BCUT2D eigenvalue weighted by molar-refractivity contribution is 6.10. The summed E-state index contributed by atoms with van der Waals surface area (Å²) in [5, 5.41) is 7.28. The van der Waals surface area contributed by atoms with Crippen LogP contribution >= 0.6 is 0 Å². The Morgan fingerprint density at radius 2 is 0.634 bits per heavy atom. The average Bonchev–Trinajstić information content (AvgIpc) is 3.78. The van der Waals surface area contributed by atoms with Crippen molar-refractivity contribution < 1.29 is 0 Å². The van der Waals surface area contributed by atoms with Gasteiger partial charge in [-0.1, -0.05) is 188 Å². The maximum Gasteiger partial charge on any atom is 0.0541 e. The zero-order chi connectivity index (χ0) is 47.1. The Morgan fingerprint density at radius 1 is 0.211 bits per heavy atom. The third-order valence-electron chi connectivity index (χ3n) is 13.9. The lowest BCUT2D eigenvalue weighted by molar-refractivity contribution is 1.18. The number of para-hydroxylation sites is 3. The number of benzene rings is 12. The van der Waals surface area contributed by atoms with Crippen molar-refractivity contribution in [2.45, 2.75) is 0 Å². The van der Waals surface area contributed by atoms with Crippen LogP contribution in [0.1, 0.15) is 0 Å². The van der Waals surface area contributed by atoms with Crippen molar-refractivity contribution in [3.63, 3.8) is 0 Å². The van der Waals surface area contributed by atoms with Crippen LogP contribution in [0.4, 0.5) is 34.1 Å². The minimum absolute atomic E-state index is 1.06. The van der Waals surface area contributed by atoms with Gasteiger partial charge in [0, 0.05) is 50.6 Å². The monoisotopic (exact) mass is 905 g/mol. The molecule has 71 heavy (non-hydrogen) atoms. The van der Waals surface area contributed by atoms with E-state index in [0.717, 1.165) is 50.9 Å². The number of hydrogen-bond acceptors (Lipinski definition) is 2. The van der Waals surface area contributed by atoms with Crippen LogP contribution in [0.5, 0.6) is 0 Å². The van der Waals surface area contributed by atoms with E-state index in [0.29, 0.717) is 0 Å². The summed E-state index contributed by atoms with van der Waals surface area (Å²) in [6, 6.07) is 104. The third-order valence-corrected chi connectivity index (χ3v) is 13.9. The minimum Gasteiger partial charge on any atom is -0.310 e. The summed E-state index contributed by atoms with van der Waals surface area (Å²) >= 11 is 0. The van der Waals surface area contributed by atoms with E-state index >= 15 is 0 Å². The molecule has 0 aliphatic heterocycles. The predicted molar refractivity (Wildman–Crippen MR) is 301 cm³/mol. The Balaban J connectivity index is 0.942. The van der Waals surface area contributed by atoms with Gasteiger partial charge in [0.15, 0.2) is 0 Å². The van der Waals surface area contributed by atoms with Gasteiger partial charge in [-0.05, 0) is 152 Å². The van der Waals surface area contributed by atoms with Crippen LogP contribution in [-0.2, 0) is 0 Å². The van der Waals surface area contributed by atoms with Gasteiger partial charge in [-0.3, -0.25) is 0 Å². The zero-order valence-electron chi connectivity index (χ0n) is 39.0. The normalized spacial score (nSPS) is 11.4. The summed E-state index contributed by atoms with van der Waals surface area (Å²) in [4.78, 5) is 4.78. The first-order valence-electron chi connectivity index (χ1n) is 24.3. The van der Waals surface area contributed by atoms with Crippen LogP contribution in [-0.4, -0.2) is 4.57 Å². The lowest BCUT2D eigenvalue weighted by Gasteiger charge is -2.30. The summed E-state index contributed by atoms with van der Waals surface area (Å²) in [5.74, 6) is 0. The van der Waals surface area contributed by atoms with E-state index in [1.165, 1.54) is 65.6 Å². The van der Waals surface area contributed by atoms with Crippen LogP contribution in [0, 0.1) is 0 Å². The Hall–Kier alpha value is -9.44. The molecule has 1 aromatic heterocycles. The lowest BCUT2D eigenvalue weighted by atomic mass is 9.97. The molecule has 0 aliphatic rings. The molecule has 13 rings (SSSR count). The summed E-state index contributed by atoms with van der Waals surface area (Å²) in [5.41, 5.74) is 17.0. The number of fused-ring (bicyclic) bond motifs is 5. The Morgan fingerprint density at radius 3 is 1.21 bits per heavy atom. The number of nitrogens with zero attached hydrogens (tertiary/aromatic N) is 3. The molecule has 0 N–H and O–H groups in total. The van der Waals surface area contributed by atoms with Gasteiger partial charge in [0.25, 0.3) is 0 Å². The van der Waals surface area contributed by atoms with Crippen molar-refractivity contribution in [2.75, 3.05) is 9.80 Å². The summed E-state index contributed by atoms with van der Waals surface area (Å²) in [6.07, 6.45) is 0. The van der Waals surface area contributed by atoms with Crippen molar-refractivity contribution in [1.29, 1.82) is 0 Å². The lowest BCUT2D eigenvalue weighted by Crippen LogP contribution is -2.13. The highest BCUT2D eigenvalue weighted by atomic mass is 15.2. The van der Waals surface area contributed by atoms with E-state index in [4.69, 9.17) is 0 Å². The van der Waals surface area contributed by atoms with Gasteiger partial charge in [0.2, 0.25) is 0 Å². The molecule has 0 radical (unpaired) electrons. The fraction of sp³-hybridized carbons (Fsp3) is 0. The van der Waals surface area contributed by atoms with Gasteiger partial charge in [-0.25, -0.2) is 0 Å². The standard InChI is InChI=1S/C68H47N3/c1-4-16-48(17-5-1)51-32-37-60(38-33-51)71-67-27-15-14-26-65(67)66-46-56(36-41-68(66)71)52-28-30-53(31-29-52)57-44-63(69(58-22-6-2-7-23-58)61-39-34-49-18-10-12-20-54(49)42-61)47-64(45-57)70(59-24-8-3-9-25-59)62-40-35-50-19-11-13-21-55(50)43-62/h1-47H. The predicted octanol–water partition coefficient (Wildman–Crippen LogP) is 19.0. The third kappa shape index (κ3) is 7.86. The molecule has 13 aromatic rings. The zero-order valence-corrected chi connectivity index (χ0v) is 39.0. The quantitative estimate of drug-likeness (QED) is 0.135. The molecule has 0 aliphatic carbocycles. The highest BCUT2D eigenvalue weighted by Crippen LogP contribution is 2.45. The number of rotatable bonds is 10. The van der Waals surface area contributed by atoms with E-state index in [2.05, 4.69) is 299 Å². The molecule has 0 amide bonds. The maximum absolute atomic E-state index is 2.39. The topological polar surface area (TPSA) is 11.4 Å². The number of aromatic nitrogens is 1. The summed E-state index contributed by atoms with van der Waals surface area (Å²) in [7, 11) is 0. The van der Waals surface area contributed by atoms with Gasteiger partial charge >= 0.3 is 0 Å². The molecular formula is C68H47N3. The van der Waals surface area contributed by atoms with E-state index in [9.17, 15) is 0 Å². The summed E-state index contributed by atoms with van der Waals surface area (Å²) in [6.45, 7) is 0. The first-order valence-corrected chi connectivity index (χ1v) is 24.3. The van der Waals surface area contributed by atoms with Crippen molar-refractivity contribution >= 4 is 77.5 Å². The second-order valence-corrected chi connectivity index (χ2v) is 18.2. The SMILES string of the molecule is c1ccc(-c2ccc(-n3c4ccccc4c4cc(-c5ccc(-c6cc(N(c7ccccc7)c7ccc8ccccc8c7)cc(N(c7ccccc7)c7ccc8ccccc8c7)c6)cc5)ccc43)cc2)cc1. The Bertz CT molecular complexity index is 3890. The van der Waals surface area contributed by atoms with Crippen LogP contribution < -0.4 is 9.80 Å². The molecule has 3 heteroatoms. The van der Waals surface area contributed by atoms with Crippen molar-refractivity contribution in [3.05, 3.63) is 285 Å². The molecular weight excluding hydrogens is 859 g/mol. The maximum atomic E-state index is 2.39. The summed E-state index contributed by atoms with van der Waals surface area (Å²) < 4.78 is 2.39. The van der Waals surface area contributed by atoms with E-state index in [1.54, 1.807) is 0 Å². The molecule has 0 saturated carbocycles. The first kappa shape index (κ1) is 41.7. The van der Waals surface area contributed by atoms with E-state index < -0.39 is 0 Å². The number of hydrogen-bond donors (Lipinski definition) is 0. The van der Waals surface area contributed by atoms with E-state index in [-0.39, 0.29) is 0 Å². The smallest absolute Gasteiger partial charge is 0.0541 e. The fourth-order valence-electron chi connectivity index (χ4n) is 10.4. The Kier molecular flexibility index (Phi) is 10.5. The second-order valence-electron chi connectivity index (χ2n) is 18.2. The molecule has 334 valence electrons. The molecule has 0 saturated heterocycles. The van der Waals surface area contributed by atoms with Gasteiger partial charge < -0.3 is 14.4 Å².